The van der Waals surface area contributed by atoms with Gasteiger partial charge in [-0.1, -0.05) is 12.1 Å². The maximum Gasteiger partial charge on any atom is 0.326 e. The Bertz CT molecular complexity index is 1120. The van der Waals surface area contributed by atoms with E-state index in [1.165, 1.54) is 12.1 Å². The van der Waals surface area contributed by atoms with E-state index >= 15 is 0 Å². The van der Waals surface area contributed by atoms with Crippen molar-refractivity contribution in [1.82, 2.24) is 16.0 Å². The number of carboxylic acids is 2. The molecule has 4 amide bonds. The molecule has 41 heavy (non-hydrogen) atoms. The Morgan fingerprint density at radius 2 is 1.37 bits per heavy atom. The van der Waals surface area contributed by atoms with Crippen molar-refractivity contribution in [2.75, 3.05) is 6.54 Å². The van der Waals surface area contributed by atoms with Crippen molar-refractivity contribution in [2.24, 2.45) is 27.9 Å². The zero-order valence-corrected chi connectivity index (χ0v) is 22.1. The van der Waals surface area contributed by atoms with Gasteiger partial charge in [-0.05, 0) is 43.4 Å². The number of carbonyl (C=O) groups excluding carboxylic acids is 4. The molecular weight excluding hydrogens is 544 g/mol. The molecule has 0 aliphatic heterocycles. The van der Waals surface area contributed by atoms with E-state index in [0.717, 1.165) is 0 Å². The van der Waals surface area contributed by atoms with E-state index < -0.39 is 66.2 Å². The number of hydrogen-bond donors (Lipinski definition) is 10. The number of phenols is 1. The smallest absolute Gasteiger partial charge is 0.326 e. The standard InChI is InChI=1S/C24H36N8O9/c25-14(10-12-3-5-13(33)6-4-12)20(37)30-15(2-1-9-29-24(27)28)21(38)32-17(11-19(35)36)22(39)31-16(23(40)41)7-8-18(26)34/h3-6,14-17,33H,1-2,7-11,25H2,(H2,26,34)(H,30,37)(H,31,39)(H,32,38)(H,35,36)(H,40,41)(H4,27,28,29). The SMILES string of the molecule is NC(=O)CCC(NC(=O)C(CC(=O)O)NC(=O)C(CCCN=C(N)N)NC(=O)C(N)Cc1ccc(O)cc1)C(=O)O. The average Bonchev–Trinajstić information content (AvgIpc) is 2.88. The fourth-order valence-electron chi connectivity index (χ4n) is 3.50. The summed E-state index contributed by atoms with van der Waals surface area (Å²) in [5, 5.41) is 34.8. The van der Waals surface area contributed by atoms with Gasteiger partial charge in [0.25, 0.3) is 0 Å². The first-order chi connectivity index (χ1) is 19.2. The van der Waals surface area contributed by atoms with E-state index in [0.29, 0.717) is 5.56 Å². The van der Waals surface area contributed by atoms with Crippen LogP contribution < -0.4 is 38.9 Å². The highest BCUT2D eigenvalue weighted by molar-refractivity contribution is 5.95. The number of nitrogens with two attached hydrogens (primary N) is 4. The number of hydrogen-bond acceptors (Lipinski definition) is 9. The molecule has 17 nitrogen and oxygen atoms in total. The lowest BCUT2D eigenvalue weighted by atomic mass is 10.0. The van der Waals surface area contributed by atoms with Crippen molar-refractivity contribution in [3.05, 3.63) is 29.8 Å². The average molecular weight is 581 g/mol. The van der Waals surface area contributed by atoms with Crippen molar-refractivity contribution in [1.29, 1.82) is 0 Å². The van der Waals surface area contributed by atoms with Gasteiger partial charge in [0.05, 0.1) is 12.5 Å². The largest absolute Gasteiger partial charge is 0.508 e. The number of aliphatic carboxylic acids is 2. The van der Waals surface area contributed by atoms with Crippen molar-refractivity contribution >= 4 is 41.5 Å². The number of primary amides is 1. The van der Waals surface area contributed by atoms with Crippen LogP contribution in [0.3, 0.4) is 0 Å². The molecule has 0 aromatic heterocycles. The molecule has 1 rings (SSSR count). The van der Waals surface area contributed by atoms with E-state index in [9.17, 15) is 44.1 Å². The Hall–Kier alpha value is -4.93. The minimum atomic E-state index is -1.74. The second-order valence-corrected chi connectivity index (χ2v) is 9.05. The van der Waals surface area contributed by atoms with Gasteiger partial charge in [-0.15, -0.1) is 0 Å². The number of nitrogens with zero attached hydrogens (tertiary/aromatic N) is 1. The van der Waals surface area contributed by atoms with E-state index in [4.69, 9.17) is 22.9 Å². The highest BCUT2D eigenvalue weighted by atomic mass is 16.4. The lowest BCUT2D eigenvalue weighted by Gasteiger charge is -2.24. The number of carboxylic acid groups (broad SMARTS) is 2. The summed E-state index contributed by atoms with van der Waals surface area (Å²) in [4.78, 5) is 76.4. The van der Waals surface area contributed by atoms with Gasteiger partial charge >= 0.3 is 11.9 Å². The quantitative estimate of drug-likeness (QED) is 0.0461. The van der Waals surface area contributed by atoms with Gasteiger partial charge in [-0.3, -0.25) is 29.0 Å². The van der Waals surface area contributed by atoms with Crippen LogP contribution in [-0.4, -0.2) is 87.6 Å². The molecule has 0 aliphatic rings. The maximum atomic E-state index is 13.1. The van der Waals surface area contributed by atoms with Gasteiger partial charge in [0.2, 0.25) is 23.6 Å². The molecule has 0 bridgehead atoms. The summed E-state index contributed by atoms with van der Waals surface area (Å²) in [5.74, 6) is -6.83. The maximum absolute atomic E-state index is 13.1. The minimum absolute atomic E-state index is 0.0202. The predicted molar refractivity (Wildman–Crippen MR) is 144 cm³/mol. The first kappa shape index (κ1) is 34.1. The van der Waals surface area contributed by atoms with E-state index in [-0.39, 0.29) is 50.4 Å². The normalized spacial score (nSPS) is 13.5. The molecule has 0 aliphatic carbocycles. The van der Waals surface area contributed by atoms with Crippen LogP contribution in [0.15, 0.2) is 29.3 Å². The fraction of sp³-hybridized carbons (Fsp3) is 0.458. The van der Waals surface area contributed by atoms with Crippen LogP contribution in [0.1, 0.15) is 37.7 Å². The van der Waals surface area contributed by atoms with E-state index in [1.807, 2.05) is 0 Å². The number of carbonyl (C=O) groups is 6. The zero-order chi connectivity index (χ0) is 31.1. The molecule has 0 fully saturated rings. The van der Waals surface area contributed by atoms with Crippen LogP contribution in [0.2, 0.25) is 0 Å². The fourth-order valence-corrected chi connectivity index (χ4v) is 3.50. The number of amides is 4. The van der Waals surface area contributed by atoms with Crippen LogP contribution in [0.4, 0.5) is 0 Å². The van der Waals surface area contributed by atoms with Crippen molar-refractivity contribution in [3.8, 4) is 5.75 Å². The van der Waals surface area contributed by atoms with Crippen molar-refractivity contribution in [3.63, 3.8) is 0 Å². The first-order valence-electron chi connectivity index (χ1n) is 12.4. The lowest BCUT2D eigenvalue weighted by Crippen LogP contribution is -2.57. The Kier molecular flexibility index (Phi) is 14.1. The molecule has 0 heterocycles. The van der Waals surface area contributed by atoms with E-state index in [1.54, 1.807) is 12.1 Å². The highest BCUT2D eigenvalue weighted by Gasteiger charge is 2.31. The molecular formula is C24H36N8O9. The Morgan fingerprint density at radius 1 is 0.805 bits per heavy atom. The van der Waals surface area contributed by atoms with E-state index in [2.05, 4.69) is 20.9 Å². The molecule has 4 atom stereocenters. The third-order valence-corrected chi connectivity index (χ3v) is 5.61. The number of phenolic OH excluding ortho intramolecular Hbond substituents is 1. The molecule has 226 valence electrons. The van der Waals surface area contributed by atoms with Crippen LogP contribution in [0.25, 0.3) is 0 Å². The molecule has 1 aromatic carbocycles. The predicted octanol–water partition coefficient (Wildman–Crippen LogP) is -3.41. The molecule has 0 saturated carbocycles. The molecule has 17 heteroatoms. The summed E-state index contributed by atoms with van der Waals surface area (Å²) in [6, 6.07) is 0.195. The monoisotopic (exact) mass is 580 g/mol. The van der Waals surface area contributed by atoms with Crippen LogP contribution in [-0.2, 0) is 35.2 Å². The molecule has 0 saturated heterocycles. The first-order valence-corrected chi connectivity index (χ1v) is 12.4. The molecule has 14 N–H and O–H groups in total. The summed E-state index contributed by atoms with van der Waals surface area (Å²) in [7, 11) is 0. The topological polar surface area (TPSA) is 316 Å². The number of aromatic hydroxyl groups is 1. The van der Waals surface area contributed by atoms with Gasteiger partial charge in [0.15, 0.2) is 5.96 Å². The molecule has 0 radical (unpaired) electrons. The van der Waals surface area contributed by atoms with Crippen molar-refractivity contribution in [2.45, 2.75) is 62.7 Å². The molecule has 0 spiro atoms. The summed E-state index contributed by atoms with van der Waals surface area (Å²) >= 11 is 0. The third kappa shape index (κ3) is 13.6. The lowest BCUT2D eigenvalue weighted by molar-refractivity contribution is -0.143. The second-order valence-electron chi connectivity index (χ2n) is 9.05. The van der Waals surface area contributed by atoms with Crippen molar-refractivity contribution < 1.29 is 44.1 Å². The van der Waals surface area contributed by atoms with Gasteiger partial charge in [0.1, 0.15) is 23.9 Å². The minimum Gasteiger partial charge on any atom is -0.508 e. The van der Waals surface area contributed by atoms with Gasteiger partial charge in [0, 0.05) is 13.0 Å². The number of guanidine groups is 1. The third-order valence-electron chi connectivity index (χ3n) is 5.61. The Labute approximate surface area is 234 Å². The van der Waals surface area contributed by atoms with Gasteiger partial charge < -0.3 is 54.2 Å². The van der Waals surface area contributed by atoms with Gasteiger partial charge in [-0.25, -0.2) is 4.79 Å². The Morgan fingerprint density at radius 3 is 1.90 bits per heavy atom. The number of benzene rings is 1. The molecule has 1 aromatic rings. The van der Waals surface area contributed by atoms with Crippen LogP contribution >= 0.6 is 0 Å². The summed E-state index contributed by atoms with van der Waals surface area (Å²) < 4.78 is 0. The number of nitrogens with one attached hydrogen (secondary N) is 3. The van der Waals surface area contributed by atoms with Gasteiger partial charge in [-0.2, -0.15) is 0 Å². The number of rotatable bonds is 18. The van der Waals surface area contributed by atoms with Crippen LogP contribution in [0.5, 0.6) is 5.75 Å². The second kappa shape index (κ2) is 16.9. The zero-order valence-electron chi connectivity index (χ0n) is 22.1. The summed E-state index contributed by atoms with van der Waals surface area (Å²) in [6.45, 7) is 0.0841. The highest BCUT2D eigenvalue weighted by Crippen LogP contribution is 2.11. The Balaban J connectivity index is 3.05. The molecule has 4 unspecified atom stereocenters. The summed E-state index contributed by atoms with van der Waals surface area (Å²) in [5.41, 5.74) is 22.2. The summed E-state index contributed by atoms with van der Waals surface area (Å²) in [6.07, 6.45) is -1.46. The number of aliphatic imine (C=N–C) groups is 1. The van der Waals surface area contributed by atoms with Crippen LogP contribution in [0, 0.1) is 0 Å².